The van der Waals surface area contributed by atoms with Crippen LogP contribution in [-0.2, 0) is 4.79 Å². The molecule has 1 aliphatic heterocycles. The lowest BCUT2D eigenvalue weighted by atomic mass is 9.77. The maximum absolute atomic E-state index is 12.9. The highest BCUT2D eigenvalue weighted by molar-refractivity contribution is 5.94. The Morgan fingerprint density at radius 2 is 1.71 bits per heavy atom. The molecule has 2 aromatic carbocycles. The van der Waals surface area contributed by atoms with Crippen molar-refractivity contribution >= 4 is 11.8 Å². The molecule has 0 aliphatic carbocycles. The summed E-state index contributed by atoms with van der Waals surface area (Å²) in [4.78, 5) is 26.3. The number of halogens is 3. The van der Waals surface area contributed by atoms with Crippen LogP contribution in [0, 0.1) is 5.41 Å². The quantitative estimate of drug-likeness (QED) is 0.717. The van der Waals surface area contributed by atoms with Gasteiger partial charge in [0.1, 0.15) is 11.5 Å². The highest BCUT2D eigenvalue weighted by Crippen LogP contribution is 2.35. The molecule has 31 heavy (non-hydrogen) atoms. The minimum absolute atomic E-state index is 0.0575. The molecule has 0 radical (unpaired) electrons. The predicted octanol–water partition coefficient (Wildman–Crippen LogP) is 3.76. The topological polar surface area (TPSA) is 81.9 Å². The molecule has 1 aliphatic rings. The standard InChI is InChI=1S/C22H23F3N2O4/c23-22(24,25)31-18-9-7-16(8-10-18)20(29)27-12-4-11-21(14-27,13-19(26)28)15-30-17-5-2-1-3-6-17/h1-3,5-10H,4,11-15H2,(H2,26,28). The third kappa shape index (κ3) is 6.37. The van der Waals surface area contributed by atoms with Gasteiger partial charge in [-0.05, 0) is 49.2 Å². The van der Waals surface area contributed by atoms with Crippen molar-refractivity contribution in [2.45, 2.75) is 25.6 Å². The zero-order chi connectivity index (χ0) is 22.5. The van der Waals surface area contributed by atoms with E-state index in [9.17, 15) is 22.8 Å². The molecule has 0 spiro atoms. The van der Waals surface area contributed by atoms with Crippen LogP contribution in [0.2, 0.25) is 0 Å². The third-order valence-electron chi connectivity index (χ3n) is 5.12. The number of hydrogen-bond acceptors (Lipinski definition) is 4. The van der Waals surface area contributed by atoms with E-state index in [4.69, 9.17) is 10.5 Å². The number of piperidine rings is 1. The number of ether oxygens (including phenoxy) is 2. The first-order valence-corrected chi connectivity index (χ1v) is 9.77. The fraction of sp³-hybridized carbons (Fsp3) is 0.364. The van der Waals surface area contributed by atoms with E-state index in [2.05, 4.69) is 4.74 Å². The molecule has 0 saturated carbocycles. The Kier molecular flexibility index (Phi) is 6.72. The molecule has 1 saturated heterocycles. The summed E-state index contributed by atoms with van der Waals surface area (Å²) in [7, 11) is 0. The SMILES string of the molecule is NC(=O)CC1(COc2ccccc2)CCCN(C(=O)c2ccc(OC(F)(F)F)cc2)C1. The van der Waals surface area contributed by atoms with Crippen LogP contribution in [0.4, 0.5) is 13.2 Å². The first-order valence-electron chi connectivity index (χ1n) is 9.77. The Balaban J connectivity index is 1.72. The van der Waals surface area contributed by atoms with Gasteiger partial charge in [-0.2, -0.15) is 0 Å². The van der Waals surface area contributed by atoms with Crippen molar-refractivity contribution in [1.29, 1.82) is 0 Å². The zero-order valence-corrected chi connectivity index (χ0v) is 16.7. The average Bonchev–Trinajstić information content (AvgIpc) is 2.72. The molecule has 6 nitrogen and oxygen atoms in total. The van der Waals surface area contributed by atoms with Gasteiger partial charge in [0.15, 0.2) is 0 Å². The normalized spacial score (nSPS) is 19.0. The molecule has 1 heterocycles. The number of para-hydroxylation sites is 1. The number of nitrogens with zero attached hydrogens (tertiary/aromatic N) is 1. The zero-order valence-electron chi connectivity index (χ0n) is 16.7. The first kappa shape index (κ1) is 22.5. The lowest BCUT2D eigenvalue weighted by Crippen LogP contribution is -2.50. The van der Waals surface area contributed by atoms with E-state index in [0.29, 0.717) is 25.1 Å². The third-order valence-corrected chi connectivity index (χ3v) is 5.12. The fourth-order valence-electron chi connectivity index (χ4n) is 3.80. The number of nitrogens with two attached hydrogens (primary N) is 1. The van der Waals surface area contributed by atoms with Crippen LogP contribution in [0.15, 0.2) is 54.6 Å². The molecule has 2 amide bonds. The molecule has 166 valence electrons. The summed E-state index contributed by atoms with van der Waals surface area (Å²) in [6.45, 7) is 0.927. The number of alkyl halides is 3. The molecule has 9 heteroatoms. The molecule has 2 aromatic rings. The van der Waals surface area contributed by atoms with Crippen molar-refractivity contribution in [2.75, 3.05) is 19.7 Å². The van der Waals surface area contributed by atoms with Crippen LogP contribution >= 0.6 is 0 Å². The number of primary amides is 1. The largest absolute Gasteiger partial charge is 0.573 e. The molecule has 1 unspecified atom stereocenters. The summed E-state index contributed by atoms with van der Waals surface area (Å²) in [6, 6.07) is 13.9. The minimum Gasteiger partial charge on any atom is -0.493 e. The van der Waals surface area contributed by atoms with Crippen molar-refractivity contribution in [3.8, 4) is 11.5 Å². The van der Waals surface area contributed by atoms with E-state index in [1.54, 1.807) is 17.0 Å². The number of rotatable bonds is 7. The van der Waals surface area contributed by atoms with Crippen LogP contribution in [0.3, 0.4) is 0 Å². The molecule has 1 fully saturated rings. The van der Waals surface area contributed by atoms with E-state index in [-0.39, 0.29) is 31.0 Å². The lowest BCUT2D eigenvalue weighted by molar-refractivity contribution is -0.274. The monoisotopic (exact) mass is 436 g/mol. The summed E-state index contributed by atoms with van der Waals surface area (Å²) in [6.07, 6.45) is -3.44. The number of carbonyl (C=O) groups excluding carboxylic acids is 2. The Hall–Kier alpha value is -3.23. The molecular weight excluding hydrogens is 413 g/mol. The average molecular weight is 436 g/mol. The Morgan fingerprint density at radius 1 is 1.03 bits per heavy atom. The van der Waals surface area contributed by atoms with E-state index < -0.39 is 23.4 Å². The van der Waals surface area contributed by atoms with Crippen molar-refractivity contribution < 1.29 is 32.2 Å². The van der Waals surface area contributed by atoms with Crippen LogP contribution < -0.4 is 15.2 Å². The van der Waals surface area contributed by atoms with E-state index in [1.807, 2.05) is 18.2 Å². The van der Waals surface area contributed by atoms with Gasteiger partial charge in [-0.15, -0.1) is 13.2 Å². The predicted molar refractivity (Wildman–Crippen MR) is 106 cm³/mol. The molecule has 2 N–H and O–H groups in total. The second-order valence-corrected chi connectivity index (χ2v) is 7.65. The van der Waals surface area contributed by atoms with Gasteiger partial charge in [-0.25, -0.2) is 0 Å². The van der Waals surface area contributed by atoms with Crippen molar-refractivity contribution in [2.24, 2.45) is 11.1 Å². The molecule has 0 bridgehead atoms. The number of likely N-dealkylation sites (tertiary alicyclic amines) is 1. The van der Waals surface area contributed by atoms with Gasteiger partial charge in [0.2, 0.25) is 5.91 Å². The highest BCUT2D eigenvalue weighted by Gasteiger charge is 2.39. The smallest absolute Gasteiger partial charge is 0.493 e. The molecular formula is C22H23F3N2O4. The van der Waals surface area contributed by atoms with Crippen molar-refractivity contribution in [3.05, 3.63) is 60.2 Å². The van der Waals surface area contributed by atoms with Gasteiger partial charge < -0.3 is 20.1 Å². The number of carbonyl (C=O) groups is 2. The molecule has 0 aromatic heterocycles. The number of amides is 2. The Bertz CT molecular complexity index is 903. The van der Waals surface area contributed by atoms with Gasteiger partial charge >= 0.3 is 6.36 Å². The van der Waals surface area contributed by atoms with Gasteiger partial charge in [0, 0.05) is 30.5 Å². The minimum atomic E-state index is -4.80. The van der Waals surface area contributed by atoms with Gasteiger partial charge in [0.05, 0.1) is 6.61 Å². The van der Waals surface area contributed by atoms with Gasteiger partial charge in [-0.3, -0.25) is 9.59 Å². The van der Waals surface area contributed by atoms with Crippen LogP contribution in [-0.4, -0.2) is 42.8 Å². The summed E-state index contributed by atoms with van der Waals surface area (Å²) in [5, 5.41) is 0. The first-order chi connectivity index (χ1) is 14.7. The van der Waals surface area contributed by atoms with Gasteiger partial charge in [-0.1, -0.05) is 18.2 Å². The second kappa shape index (κ2) is 9.28. The van der Waals surface area contributed by atoms with Crippen molar-refractivity contribution in [3.63, 3.8) is 0 Å². The number of hydrogen-bond donors (Lipinski definition) is 1. The Morgan fingerprint density at radius 3 is 2.32 bits per heavy atom. The van der Waals surface area contributed by atoms with E-state index >= 15 is 0 Å². The lowest BCUT2D eigenvalue weighted by Gasteiger charge is -2.42. The van der Waals surface area contributed by atoms with Crippen LogP contribution in [0.5, 0.6) is 11.5 Å². The van der Waals surface area contributed by atoms with Crippen molar-refractivity contribution in [1.82, 2.24) is 4.90 Å². The maximum Gasteiger partial charge on any atom is 0.573 e. The molecule has 1 atom stereocenters. The highest BCUT2D eigenvalue weighted by atomic mass is 19.4. The summed E-state index contributed by atoms with van der Waals surface area (Å²) < 4.78 is 46.7. The van der Waals surface area contributed by atoms with Crippen LogP contribution in [0.25, 0.3) is 0 Å². The van der Waals surface area contributed by atoms with Crippen LogP contribution in [0.1, 0.15) is 29.6 Å². The summed E-state index contributed by atoms with van der Waals surface area (Å²) in [5.74, 6) is -0.580. The Labute approximate surface area is 177 Å². The second-order valence-electron chi connectivity index (χ2n) is 7.65. The summed E-state index contributed by atoms with van der Waals surface area (Å²) in [5.41, 5.74) is 5.06. The number of benzene rings is 2. The van der Waals surface area contributed by atoms with E-state index in [1.165, 1.54) is 12.1 Å². The van der Waals surface area contributed by atoms with Gasteiger partial charge in [0.25, 0.3) is 5.91 Å². The molecule has 3 rings (SSSR count). The maximum atomic E-state index is 12.9. The summed E-state index contributed by atoms with van der Waals surface area (Å²) >= 11 is 0. The fourth-order valence-corrected chi connectivity index (χ4v) is 3.80. The van der Waals surface area contributed by atoms with E-state index in [0.717, 1.165) is 12.1 Å².